The summed E-state index contributed by atoms with van der Waals surface area (Å²) in [6.45, 7) is 6.67. The van der Waals surface area contributed by atoms with Gasteiger partial charge in [0, 0.05) is 28.1 Å². The van der Waals surface area contributed by atoms with E-state index in [1.54, 1.807) is 0 Å². The molecule has 0 saturated heterocycles. The Morgan fingerprint density at radius 3 is 2.87 bits per heavy atom. The molecule has 2 atom stereocenters. The Morgan fingerprint density at radius 1 is 1.53 bits per heavy atom. The van der Waals surface area contributed by atoms with E-state index in [4.69, 9.17) is 0 Å². The molecule has 0 radical (unpaired) electrons. The van der Waals surface area contributed by atoms with Gasteiger partial charge in [0.1, 0.15) is 5.01 Å². The van der Waals surface area contributed by atoms with E-state index in [-0.39, 0.29) is 0 Å². The quantitative estimate of drug-likeness (QED) is 0.829. The molecule has 86 valence electrons. The Labute approximate surface area is 101 Å². The highest BCUT2D eigenvalue weighted by atomic mass is 32.2. The van der Waals surface area contributed by atoms with Crippen LogP contribution in [0.5, 0.6) is 0 Å². The molecule has 1 aromatic rings. The molecule has 1 rings (SSSR count). The van der Waals surface area contributed by atoms with Gasteiger partial charge < -0.3 is 5.32 Å². The maximum atomic E-state index is 4.45. The summed E-state index contributed by atoms with van der Waals surface area (Å²) in [6, 6.07) is 0.421. The third-order valence-electron chi connectivity index (χ3n) is 2.50. The minimum absolute atomic E-state index is 0.421. The number of hydrogen-bond acceptors (Lipinski definition) is 4. The van der Waals surface area contributed by atoms with Crippen molar-refractivity contribution in [3.63, 3.8) is 0 Å². The molecule has 1 aromatic heterocycles. The zero-order valence-electron chi connectivity index (χ0n) is 9.91. The molecule has 0 fully saturated rings. The first kappa shape index (κ1) is 13.0. The third kappa shape index (κ3) is 4.13. The SMILES string of the molecule is CCC(C)SCc1ncc(C(C)NC)s1. The van der Waals surface area contributed by atoms with Gasteiger partial charge in [-0.1, -0.05) is 13.8 Å². The van der Waals surface area contributed by atoms with Crippen LogP contribution in [0.25, 0.3) is 0 Å². The van der Waals surface area contributed by atoms with E-state index in [9.17, 15) is 0 Å². The fourth-order valence-electron chi connectivity index (χ4n) is 1.06. The molecule has 15 heavy (non-hydrogen) atoms. The lowest BCUT2D eigenvalue weighted by atomic mass is 10.3. The number of nitrogens with one attached hydrogen (secondary N) is 1. The van der Waals surface area contributed by atoms with Gasteiger partial charge in [0.15, 0.2) is 0 Å². The third-order valence-corrected chi connectivity index (χ3v) is 5.20. The average molecular weight is 244 g/mol. The van der Waals surface area contributed by atoms with Crippen LogP contribution in [0.4, 0.5) is 0 Å². The first-order valence-corrected chi connectivity index (χ1v) is 7.27. The van der Waals surface area contributed by atoms with Crippen LogP contribution in [-0.4, -0.2) is 17.3 Å². The second-order valence-electron chi connectivity index (χ2n) is 3.70. The van der Waals surface area contributed by atoms with Gasteiger partial charge in [0.2, 0.25) is 0 Å². The number of hydrogen-bond donors (Lipinski definition) is 1. The maximum Gasteiger partial charge on any atom is 0.103 e. The fourth-order valence-corrected chi connectivity index (χ4v) is 3.02. The second-order valence-corrected chi connectivity index (χ2v) is 6.27. The van der Waals surface area contributed by atoms with Crippen molar-refractivity contribution >= 4 is 23.1 Å². The summed E-state index contributed by atoms with van der Waals surface area (Å²) in [7, 11) is 1.98. The Morgan fingerprint density at radius 2 is 2.27 bits per heavy atom. The van der Waals surface area contributed by atoms with Gasteiger partial charge in [0.05, 0.1) is 0 Å². The Kier molecular flexibility index (Phi) is 5.64. The van der Waals surface area contributed by atoms with Crippen LogP contribution < -0.4 is 5.32 Å². The minimum atomic E-state index is 0.421. The summed E-state index contributed by atoms with van der Waals surface area (Å²) in [5.41, 5.74) is 0. The lowest BCUT2D eigenvalue weighted by molar-refractivity contribution is 0.662. The minimum Gasteiger partial charge on any atom is -0.312 e. The standard InChI is InChI=1S/C11H20N2S2/c1-5-8(2)14-7-11-13-6-10(15-11)9(3)12-4/h6,8-9,12H,5,7H2,1-4H3. The second kappa shape index (κ2) is 6.51. The van der Waals surface area contributed by atoms with E-state index in [1.165, 1.54) is 16.3 Å². The highest BCUT2D eigenvalue weighted by molar-refractivity contribution is 7.99. The van der Waals surface area contributed by atoms with Crippen molar-refractivity contribution < 1.29 is 0 Å². The van der Waals surface area contributed by atoms with Gasteiger partial charge in [-0.05, 0) is 20.4 Å². The van der Waals surface area contributed by atoms with Crippen molar-refractivity contribution in [2.24, 2.45) is 0 Å². The molecule has 1 heterocycles. The van der Waals surface area contributed by atoms with Crippen LogP contribution in [0, 0.1) is 0 Å². The summed E-state index contributed by atoms with van der Waals surface area (Å²) in [4.78, 5) is 5.78. The van der Waals surface area contributed by atoms with Crippen molar-refractivity contribution in [2.75, 3.05) is 7.05 Å². The molecule has 2 nitrogen and oxygen atoms in total. The van der Waals surface area contributed by atoms with Crippen molar-refractivity contribution in [3.8, 4) is 0 Å². The number of rotatable bonds is 6. The Balaban J connectivity index is 2.46. The Bertz CT molecular complexity index is 286. The summed E-state index contributed by atoms with van der Waals surface area (Å²) in [5.74, 6) is 1.05. The van der Waals surface area contributed by atoms with E-state index in [1.807, 2.05) is 36.3 Å². The van der Waals surface area contributed by atoms with Crippen molar-refractivity contribution in [1.29, 1.82) is 0 Å². The van der Waals surface area contributed by atoms with Crippen LogP contribution >= 0.6 is 23.1 Å². The zero-order valence-corrected chi connectivity index (χ0v) is 11.5. The van der Waals surface area contributed by atoms with Gasteiger partial charge in [-0.15, -0.1) is 11.3 Å². The summed E-state index contributed by atoms with van der Waals surface area (Å²) < 4.78 is 0. The first-order chi connectivity index (χ1) is 7.17. The predicted molar refractivity (Wildman–Crippen MR) is 70.6 cm³/mol. The van der Waals surface area contributed by atoms with Gasteiger partial charge in [-0.2, -0.15) is 11.8 Å². The monoisotopic (exact) mass is 244 g/mol. The number of nitrogens with zero attached hydrogens (tertiary/aromatic N) is 1. The average Bonchev–Trinajstić information content (AvgIpc) is 2.73. The van der Waals surface area contributed by atoms with Crippen LogP contribution in [-0.2, 0) is 5.75 Å². The molecule has 0 saturated carbocycles. The van der Waals surface area contributed by atoms with E-state index in [2.05, 4.69) is 31.1 Å². The van der Waals surface area contributed by atoms with Gasteiger partial charge in [0.25, 0.3) is 0 Å². The number of aromatic nitrogens is 1. The lowest BCUT2D eigenvalue weighted by Gasteiger charge is -2.06. The molecule has 0 aliphatic heterocycles. The normalized spacial score (nSPS) is 15.2. The van der Waals surface area contributed by atoms with Crippen LogP contribution in [0.3, 0.4) is 0 Å². The fraction of sp³-hybridized carbons (Fsp3) is 0.727. The molecule has 4 heteroatoms. The highest BCUT2D eigenvalue weighted by Gasteiger charge is 2.08. The number of thioether (sulfide) groups is 1. The Hall–Kier alpha value is -0.0600. The van der Waals surface area contributed by atoms with Gasteiger partial charge in [-0.25, -0.2) is 4.98 Å². The number of thiazole rings is 1. The van der Waals surface area contributed by atoms with Gasteiger partial charge >= 0.3 is 0 Å². The van der Waals surface area contributed by atoms with Crippen LogP contribution in [0.1, 0.15) is 43.1 Å². The van der Waals surface area contributed by atoms with E-state index >= 15 is 0 Å². The van der Waals surface area contributed by atoms with E-state index in [0.29, 0.717) is 6.04 Å². The molecule has 0 aromatic carbocycles. The zero-order chi connectivity index (χ0) is 11.3. The highest BCUT2D eigenvalue weighted by Crippen LogP contribution is 2.25. The topological polar surface area (TPSA) is 24.9 Å². The predicted octanol–water partition coefficient (Wildman–Crippen LogP) is 3.46. The van der Waals surface area contributed by atoms with Crippen molar-refractivity contribution in [1.82, 2.24) is 10.3 Å². The molecule has 2 unspecified atom stereocenters. The molecule has 0 spiro atoms. The molecular formula is C11H20N2S2. The summed E-state index contributed by atoms with van der Waals surface area (Å²) in [5, 5.41) is 5.22. The maximum absolute atomic E-state index is 4.45. The van der Waals surface area contributed by atoms with Gasteiger partial charge in [-0.3, -0.25) is 0 Å². The van der Waals surface area contributed by atoms with Crippen LogP contribution in [0.2, 0.25) is 0 Å². The first-order valence-electron chi connectivity index (χ1n) is 5.40. The van der Waals surface area contributed by atoms with Crippen molar-refractivity contribution in [3.05, 3.63) is 16.1 Å². The largest absolute Gasteiger partial charge is 0.312 e. The summed E-state index contributed by atoms with van der Waals surface area (Å²) in [6.07, 6.45) is 3.23. The molecule has 1 N–H and O–H groups in total. The van der Waals surface area contributed by atoms with E-state index in [0.717, 1.165) is 11.0 Å². The molecule has 0 aliphatic carbocycles. The van der Waals surface area contributed by atoms with E-state index < -0.39 is 0 Å². The summed E-state index contributed by atoms with van der Waals surface area (Å²) >= 11 is 3.81. The lowest BCUT2D eigenvalue weighted by Crippen LogP contribution is -2.10. The molecule has 0 amide bonds. The smallest absolute Gasteiger partial charge is 0.103 e. The molecule has 0 aliphatic rings. The van der Waals surface area contributed by atoms with Crippen LogP contribution in [0.15, 0.2) is 6.20 Å². The van der Waals surface area contributed by atoms with Crippen molar-refractivity contribution in [2.45, 2.75) is 44.2 Å². The molecule has 0 bridgehead atoms. The molecular weight excluding hydrogens is 224 g/mol.